The summed E-state index contributed by atoms with van der Waals surface area (Å²) in [6, 6.07) is 9.98. The van der Waals surface area contributed by atoms with E-state index in [0.29, 0.717) is 19.0 Å². The van der Waals surface area contributed by atoms with Gasteiger partial charge in [-0.1, -0.05) is 6.07 Å². The molecule has 1 aromatic heterocycles. The van der Waals surface area contributed by atoms with Crippen molar-refractivity contribution in [2.24, 2.45) is 5.92 Å². The zero-order chi connectivity index (χ0) is 21.1. The van der Waals surface area contributed by atoms with Crippen LogP contribution in [0.3, 0.4) is 0 Å². The number of amides is 1. The fraction of sp³-hybridized carbons (Fsp3) is 0.500. The molecule has 1 amide bonds. The highest BCUT2D eigenvalue weighted by Gasteiger charge is 2.33. The molecule has 6 nitrogen and oxygen atoms in total. The number of benzene rings is 1. The molecule has 0 spiro atoms. The molecule has 2 atom stereocenters. The smallest absolute Gasteiger partial charge is 0.219 e. The number of carbonyl (C=O) groups is 1. The van der Waals surface area contributed by atoms with Gasteiger partial charge in [0.1, 0.15) is 17.6 Å². The minimum absolute atomic E-state index is 0.0174. The van der Waals surface area contributed by atoms with Gasteiger partial charge in [-0.3, -0.25) is 14.7 Å². The van der Waals surface area contributed by atoms with Crippen molar-refractivity contribution in [3.05, 3.63) is 53.3 Å². The van der Waals surface area contributed by atoms with Crippen molar-refractivity contribution in [3.8, 4) is 11.5 Å². The van der Waals surface area contributed by atoms with Crippen LogP contribution in [0.5, 0.6) is 11.5 Å². The van der Waals surface area contributed by atoms with Crippen LogP contribution in [0.2, 0.25) is 0 Å². The van der Waals surface area contributed by atoms with E-state index in [-0.39, 0.29) is 12.0 Å². The number of fused-ring (bicyclic) bond motifs is 1. The van der Waals surface area contributed by atoms with Crippen molar-refractivity contribution in [1.82, 2.24) is 14.8 Å². The first kappa shape index (κ1) is 20.7. The van der Waals surface area contributed by atoms with Crippen molar-refractivity contribution in [2.75, 3.05) is 26.7 Å². The van der Waals surface area contributed by atoms with Gasteiger partial charge >= 0.3 is 0 Å². The molecule has 1 aromatic carbocycles. The van der Waals surface area contributed by atoms with Crippen molar-refractivity contribution >= 4 is 5.91 Å². The summed E-state index contributed by atoms with van der Waals surface area (Å²) in [6.45, 7) is 7.82. The maximum atomic E-state index is 12.3. The van der Waals surface area contributed by atoms with Crippen LogP contribution in [0.15, 0.2) is 36.5 Å². The molecule has 2 aliphatic rings. The van der Waals surface area contributed by atoms with Crippen molar-refractivity contribution in [1.29, 1.82) is 0 Å². The Morgan fingerprint density at radius 2 is 2.17 bits per heavy atom. The minimum Gasteiger partial charge on any atom is -0.497 e. The largest absolute Gasteiger partial charge is 0.497 e. The fourth-order valence-corrected chi connectivity index (χ4v) is 4.53. The number of nitrogens with zero attached hydrogens (tertiary/aromatic N) is 3. The van der Waals surface area contributed by atoms with E-state index in [1.807, 2.05) is 35.4 Å². The van der Waals surface area contributed by atoms with E-state index in [1.54, 1.807) is 14.0 Å². The topological polar surface area (TPSA) is 54.9 Å². The van der Waals surface area contributed by atoms with Gasteiger partial charge in [0.25, 0.3) is 0 Å². The summed E-state index contributed by atoms with van der Waals surface area (Å²) in [6.07, 6.45) is 4.09. The third-order valence-electron chi connectivity index (χ3n) is 6.31. The summed E-state index contributed by atoms with van der Waals surface area (Å²) in [5, 5.41) is 0. The second-order valence-electron chi connectivity index (χ2n) is 8.43. The molecule has 2 aromatic rings. The Labute approximate surface area is 178 Å². The molecule has 0 radical (unpaired) electrons. The first-order valence-electron chi connectivity index (χ1n) is 10.8. The first-order chi connectivity index (χ1) is 14.5. The third kappa shape index (κ3) is 4.59. The van der Waals surface area contributed by atoms with Gasteiger partial charge in [0.05, 0.1) is 19.3 Å². The Hall–Kier alpha value is -2.60. The monoisotopic (exact) mass is 409 g/mol. The predicted octanol–water partition coefficient (Wildman–Crippen LogP) is 3.42. The number of likely N-dealkylation sites (tertiary alicyclic amines) is 1. The van der Waals surface area contributed by atoms with E-state index in [0.717, 1.165) is 55.2 Å². The number of hydrogen-bond acceptors (Lipinski definition) is 5. The molecule has 0 unspecified atom stereocenters. The number of carbonyl (C=O) groups excluding carboxylic acids is 1. The lowest BCUT2D eigenvalue weighted by Crippen LogP contribution is -2.46. The van der Waals surface area contributed by atoms with Gasteiger partial charge in [0.2, 0.25) is 5.91 Å². The molecular weight excluding hydrogens is 378 g/mol. The van der Waals surface area contributed by atoms with Crippen LogP contribution >= 0.6 is 0 Å². The molecule has 2 aliphatic heterocycles. The molecule has 3 heterocycles. The van der Waals surface area contributed by atoms with Gasteiger partial charge in [-0.05, 0) is 56.1 Å². The highest BCUT2D eigenvalue weighted by Crippen LogP contribution is 2.33. The van der Waals surface area contributed by atoms with Crippen LogP contribution in [0, 0.1) is 12.8 Å². The van der Waals surface area contributed by atoms with Crippen LogP contribution in [-0.4, -0.2) is 53.5 Å². The van der Waals surface area contributed by atoms with E-state index >= 15 is 0 Å². The van der Waals surface area contributed by atoms with Gasteiger partial charge in [0.15, 0.2) is 0 Å². The van der Waals surface area contributed by atoms with Gasteiger partial charge in [-0.15, -0.1) is 0 Å². The highest BCUT2D eigenvalue weighted by molar-refractivity contribution is 5.73. The number of rotatable bonds is 4. The number of hydrogen-bond donors (Lipinski definition) is 0. The number of piperidine rings is 1. The van der Waals surface area contributed by atoms with Gasteiger partial charge < -0.3 is 14.4 Å². The number of pyridine rings is 1. The molecule has 1 saturated heterocycles. The van der Waals surface area contributed by atoms with Crippen molar-refractivity contribution in [2.45, 2.75) is 45.9 Å². The SMILES string of the molecule is COc1ccc2c(c1)CN(C(C)=O)C[C@@H]([C@H]1CCCN(Cc3ncccc3C)C1)O2. The molecule has 4 rings (SSSR count). The zero-order valence-electron chi connectivity index (χ0n) is 18.1. The lowest BCUT2D eigenvalue weighted by molar-refractivity contribution is -0.130. The van der Waals surface area contributed by atoms with Crippen molar-refractivity contribution in [3.63, 3.8) is 0 Å². The number of aromatic nitrogens is 1. The fourth-order valence-electron chi connectivity index (χ4n) is 4.53. The Kier molecular flexibility index (Phi) is 6.23. The number of methoxy groups -OCH3 is 1. The van der Waals surface area contributed by atoms with Crippen LogP contribution < -0.4 is 9.47 Å². The van der Waals surface area contributed by atoms with Crippen LogP contribution in [0.4, 0.5) is 0 Å². The summed E-state index contributed by atoms with van der Waals surface area (Å²) in [7, 11) is 1.66. The second-order valence-corrected chi connectivity index (χ2v) is 8.43. The third-order valence-corrected chi connectivity index (χ3v) is 6.31. The maximum Gasteiger partial charge on any atom is 0.219 e. The van der Waals surface area contributed by atoms with Crippen molar-refractivity contribution < 1.29 is 14.3 Å². The molecule has 0 N–H and O–H groups in total. The summed E-state index contributed by atoms with van der Waals surface area (Å²) >= 11 is 0. The van der Waals surface area contributed by atoms with E-state index in [2.05, 4.69) is 22.9 Å². The van der Waals surface area contributed by atoms with E-state index in [4.69, 9.17) is 9.47 Å². The van der Waals surface area contributed by atoms with E-state index in [1.165, 1.54) is 5.56 Å². The Morgan fingerprint density at radius 1 is 1.30 bits per heavy atom. The standard InChI is InChI=1S/C24H31N3O3/c1-17-6-4-10-25-22(17)15-26-11-5-7-19(13-26)24-16-27(18(2)28)14-20-12-21(29-3)8-9-23(20)30-24/h4,6,8-10,12,19,24H,5,7,11,13-16H2,1-3H3/t19-,24-/m0/s1. The lowest BCUT2D eigenvalue weighted by atomic mass is 9.91. The Morgan fingerprint density at radius 3 is 2.93 bits per heavy atom. The minimum atomic E-state index is -0.0174. The molecule has 0 saturated carbocycles. The number of ether oxygens (including phenoxy) is 2. The molecule has 1 fully saturated rings. The van der Waals surface area contributed by atoms with E-state index in [9.17, 15) is 4.79 Å². The molecule has 6 heteroatoms. The quantitative estimate of drug-likeness (QED) is 0.775. The predicted molar refractivity (Wildman–Crippen MR) is 115 cm³/mol. The Balaban J connectivity index is 1.52. The summed E-state index contributed by atoms with van der Waals surface area (Å²) < 4.78 is 11.9. The van der Waals surface area contributed by atoms with E-state index < -0.39 is 0 Å². The van der Waals surface area contributed by atoms with Crippen LogP contribution in [0.25, 0.3) is 0 Å². The Bertz CT molecular complexity index is 901. The normalized spacial score (nSPS) is 22.0. The molecule has 30 heavy (non-hydrogen) atoms. The molecular formula is C24H31N3O3. The molecule has 0 bridgehead atoms. The van der Waals surface area contributed by atoms with Gasteiger partial charge in [0, 0.05) is 44.2 Å². The average Bonchev–Trinajstić information content (AvgIpc) is 2.95. The maximum absolute atomic E-state index is 12.3. The summed E-state index contributed by atoms with van der Waals surface area (Å²) in [5.74, 6) is 2.10. The zero-order valence-corrected chi connectivity index (χ0v) is 18.1. The van der Waals surface area contributed by atoms with Gasteiger partial charge in [-0.25, -0.2) is 0 Å². The highest BCUT2D eigenvalue weighted by atomic mass is 16.5. The lowest BCUT2D eigenvalue weighted by Gasteiger charge is -2.37. The average molecular weight is 410 g/mol. The van der Waals surface area contributed by atoms with Crippen LogP contribution in [-0.2, 0) is 17.9 Å². The first-order valence-corrected chi connectivity index (χ1v) is 10.8. The van der Waals surface area contributed by atoms with Gasteiger partial charge in [-0.2, -0.15) is 0 Å². The molecule has 0 aliphatic carbocycles. The molecule has 160 valence electrons. The second kappa shape index (κ2) is 9.04. The number of aryl methyl sites for hydroxylation is 1. The van der Waals surface area contributed by atoms with Crippen LogP contribution in [0.1, 0.15) is 36.6 Å². The summed E-state index contributed by atoms with van der Waals surface area (Å²) in [5.41, 5.74) is 3.38. The summed E-state index contributed by atoms with van der Waals surface area (Å²) in [4.78, 5) is 21.3.